The summed E-state index contributed by atoms with van der Waals surface area (Å²) in [6.45, 7) is 1.26. The highest BCUT2D eigenvalue weighted by Crippen LogP contribution is 2.39. The van der Waals surface area contributed by atoms with Crippen molar-refractivity contribution in [2.45, 2.75) is 25.3 Å². The number of hydrogen-bond donors (Lipinski definition) is 0. The minimum atomic E-state index is -5.11. The Morgan fingerprint density at radius 2 is 1.62 bits per heavy atom. The average molecular weight is 482 g/mol. The van der Waals surface area contributed by atoms with Crippen molar-refractivity contribution in [2.75, 3.05) is 4.90 Å². The summed E-state index contributed by atoms with van der Waals surface area (Å²) >= 11 is 5.65. The monoisotopic (exact) mass is 481 g/mol. The van der Waals surface area contributed by atoms with E-state index in [2.05, 4.69) is 15.1 Å². The highest BCUT2D eigenvalue weighted by molar-refractivity contribution is 6.30. The van der Waals surface area contributed by atoms with Crippen molar-refractivity contribution in [3.63, 3.8) is 0 Å². The molecule has 0 saturated heterocycles. The van der Waals surface area contributed by atoms with Crippen molar-refractivity contribution < 1.29 is 35.5 Å². The number of carbonyl (C=O) groups is 1. The third-order valence-electron chi connectivity index (χ3n) is 4.34. The number of amides is 1. The summed E-state index contributed by atoms with van der Waals surface area (Å²) in [5.74, 6) is -1.50. The van der Waals surface area contributed by atoms with E-state index in [9.17, 15) is 35.5 Å². The van der Waals surface area contributed by atoms with Crippen LogP contribution in [0.1, 0.15) is 29.9 Å². The molecule has 2 aromatic heterocycles. The Labute approximate surface area is 180 Å². The third kappa shape index (κ3) is 4.66. The van der Waals surface area contributed by atoms with Crippen LogP contribution in [0.15, 0.2) is 36.8 Å². The number of rotatable bonds is 5. The van der Waals surface area contributed by atoms with Gasteiger partial charge in [0.1, 0.15) is 6.33 Å². The van der Waals surface area contributed by atoms with Gasteiger partial charge in [-0.05, 0) is 31.2 Å². The van der Waals surface area contributed by atoms with Crippen LogP contribution in [0.4, 0.5) is 36.4 Å². The first-order valence-electron chi connectivity index (χ1n) is 8.57. The van der Waals surface area contributed by atoms with E-state index in [0.29, 0.717) is 17.0 Å². The molecule has 14 heteroatoms. The average Bonchev–Trinajstić information content (AvgIpc) is 3.16. The van der Waals surface area contributed by atoms with Gasteiger partial charge in [-0.15, -0.1) is 0 Å². The Morgan fingerprint density at radius 1 is 1.03 bits per heavy atom. The highest BCUT2D eigenvalue weighted by atomic mass is 35.5. The Balaban J connectivity index is 2.11. The summed E-state index contributed by atoms with van der Waals surface area (Å²) in [5.41, 5.74) is -3.91. The van der Waals surface area contributed by atoms with Crippen molar-refractivity contribution in [3.8, 4) is 5.82 Å². The molecule has 1 unspecified atom stereocenters. The molecule has 2 heterocycles. The number of carbonyl (C=O) groups excluding carboxylic acids is 1. The Bertz CT molecular complexity index is 1110. The van der Waals surface area contributed by atoms with E-state index < -0.39 is 41.0 Å². The molecular formula is C18H11ClF7N5O. The molecule has 170 valence electrons. The molecule has 0 spiro atoms. The molecule has 6 nitrogen and oxygen atoms in total. The van der Waals surface area contributed by atoms with Gasteiger partial charge in [0.25, 0.3) is 0 Å². The number of pyridine rings is 1. The standard InChI is InChI=1S/C18H11ClF7N5O/c1-9(15-28-7-29-31(15)16-14(20)5-12(19)6-27-16)30(8-32)13-3-10(17(21,22)23)2-11(4-13)18(24,25)26/h2-9H,1H3. The van der Waals surface area contributed by atoms with Crippen LogP contribution in [0.5, 0.6) is 0 Å². The second-order valence-electron chi connectivity index (χ2n) is 6.44. The maximum Gasteiger partial charge on any atom is 0.416 e. The van der Waals surface area contributed by atoms with E-state index in [4.69, 9.17) is 11.6 Å². The largest absolute Gasteiger partial charge is 0.416 e. The molecule has 3 rings (SSSR count). The molecule has 0 aliphatic rings. The zero-order valence-electron chi connectivity index (χ0n) is 15.8. The zero-order chi connectivity index (χ0) is 23.8. The van der Waals surface area contributed by atoms with Crippen molar-refractivity contribution in [1.82, 2.24) is 19.7 Å². The van der Waals surface area contributed by atoms with Gasteiger partial charge < -0.3 is 4.90 Å². The van der Waals surface area contributed by atoms with Crippen LogP contribution in [0.3, 0.4) is 0 Å². The second-order valence-corrected chi connectivity index (χ2v) is 6.88. The summed E-state index contributed by atoms with van der Waals surface area (Å²) in [6, 6.07) is 0.368. The van der Waals surface area contributed by atoms with Gasteiger partial charge in [0.15, 0.2) is 17.5 Å². The summed E-state index contributed by atoms with van der Waals surface area (Å²) in [7, 11) is 0. The van der Waals surface area contributed by atoms with Gasteiger partial charge >= 0.3 is 12.4 Å². The first-order valence-corrected chi connectivity index (χ1v) is 8.95. The maximum atomic E-state index is 14.3. The number of nitrogens with zero attached hydrogens (tertiary/aromatic N) is 5. The van der Waals surface area contributed by atoms with Crippen LogP contribution in [-0.4, -0.2) is 26.2 Å². The van der Waals surface area contributed by atoms with Gasteiger partial charge in [-0.3, -0.25) is 4.79 Å². The predicted molar refractivity (Wildman–Crippen MR) is 97.5 cm³/mol. The number of alkyl halides is 6. The van der Waals surface area contributed by atoms with Gasteiger partial charge in [0, 0.05) is 11.9 Å². The molecule has 32 heavy (non-hydrogen) atoms. The van der Waals surface area contributed by atoms with Crippen molar-refractivity contribution in [1.29, 1.82) is 0 Å². The molecule has 0 radical (unpaired) electrons. The van der Waals surface area contributed by atoms with Crippen molar-refractivity contribution in [2.24, 2.45) is 0 Å². The van der Waals surface area contributed by atoms with Crippen LogP contribution in [0, 0.1) is 5.82 Å². The van der Waals surface area contributed by atoms with Gasteiger partial charge in [-0.2, -0.15) is 36.1 Å². The van der Waals surface area contributed by atoms with Crippen LogP contribution in [0.25, 0.3) is 5.82 Å². The Hall–Kier alpha value is -3.22. The Kier molecular flexibility index (Phi) is 6.13. The van der Waals surface area contributed by atoms with E-state index in [1.165, 1.54) is 6.92 Å². The van der Waals surface area contributed by atoms with Crippen LogP contribution >= 0.6 is 11.6 Å². The quantitative estimate of drug-likeness (QED) is 0.370. The molecule has 0 aliphatic heterocycles. The minimum absolute atomic E-state index is 0.0286. The predicted octanol–water partition coefficient (Wildman–Crippen LogP) is 5.22. The summed E-state index contributed by atoms with van der Waals surface area (Å²) in [4.78, 5) is 19.9. The van der Waals surface area contributed by atoms with Crippen LogP contribution in [0.2, 0.25) is 5.02 Å². The van der Waals surface area contributed by atoms with E-state index in [1.807, 2.05) is 0 Å². The number of halogens is 8. The first kappa shape index (κ1) is 23.4. The second kappa shape index (κ2) is 8.37. The number of aromatic nitrogens is 4. The normalized spacial score (nSPS) is 13.2. The molecule has 0 bridgehead atoms. The number of benzene rings is 1. The van der Waals surface area contributed by atoms with Gasteiger partial charge in [-0.25, -0.2) is 14.4 Å². The molecule has 0 aliphatic carbocycles. The molecule has 3 aromatic rings. The highest BCUT2D eigenvalue weighted by Gasteiger charge is 2.38. The lowest BCUT2D eigenvalue weighted by atomic mass is 10.1. The van der Waals surface area contributed by atoms with Gasteiger partial charge in [0.2, 0.25) is 6.41 Å². The zero-order valence-corrected chi connectivity index (χ0v) is 16.5. The third-order valence-corrected chi connectivity index (χ3v) is 4.54. The fourth-order valence-corrected chi connectivity index (χ4v) is 2.99. The first-order chi connectivity index (χ1) is 14.8. The maximum absolute atomic E-state index is 14.3. The molecule has 0 saturated carbocycles. The van der Waals surface area contributed by atoms with Crippen molar-refractivity contribution in [3.05, 3.63) is 64.6 Å². The van der Waals surface area contributed by atoms with Crippen molar-refractivity contribution >= 4 is 23.7 Å². The van der Waals surface area contributed by atoms with E-state index in [0.717, 1.165) is 23.3 Å². The van der Waals surface area contributed by atoms with Crippen LogP contribution < -0.4 is 4.90 Å². The van der Waals surface area contributed by atoms with Gasteiger partial charge in [-0.1, -0.05) is 11.6 Å². The lowest BCUT2D eigenvalue weighted by molar-refractivity contribution is -0.143. The topological polar surface area (TPSA) is 63.9 Å². The number of hydrogen-bond acceptors (Lipinski definition) is 4. The minimum Gasteiger partial charge on any atom is -0.305 e. The lowest BCUT2D eigenvalue weighted by Crippen LogP contribution is -2.28. The smallest absolute Gasteiger partial charge is 0.305 e. The molecule has 1 amide bonds. The number of anilines is 1. The van der Waals surface area contributed by atoms with E-state index in [1.54, 1.807) is 0 Å². The SMILES string of the molecule is CC(c1ncnn1-c1ncc(Cl)cc1F)N(C=O)c1cc(C(F)(F)F)cc(C(F)(F)F)c1. The van der Waals surface area contributed by atoms with Gasteiger partial charge in [0.05, 0.1) is 22.2 Å². The fraction of sp³-hybridized carbons (Fsp3) is 0.222. The lowest BCUT2D eigenvalue weighted by Gasteiger charge is -2.26. The van der Waals surface area contributed by atoms with E-state index >= 15 is 0 Å². The summed E-state index contributed by atoms with van der Waals surface area (Å²) in [6.07, 6.45) is -8.13. The summed E-state index contributed by atoms with van der Waals surface area (Å²) in [5, 5.41) is 3.75. The molecular weight excluding hydrogens is 471 g/mol. The molecule has 0 fully saturated rings. The molecule has 1 aromatic carbocycles. The molecule has 1 atom stereocenters. The van der Waals surface area contributed by atoms with Crippen LogP contribution in [-0.2, 0) is 17.1 Å². The summed E-state index contributed by atoms with van der Waals surface area (Å²) < 4.78 is 94.2. The fourth-order valence-electron chi connectivity index (χ4n) is 2.85. The Morgan fingerprint density at radius 3 is 2.12 bits per heavy atom. The molecule has 0 N–H and O–H groups in total. The van der Waals surface area contributed by atoms with E-state index in [-0.39, 0.29) is 29.1 Å².